The summed E-state index contributed by atoms with van der Waals surface area (Å²) in [4.78, 5) is 15.3. The first-order valence-corrected chi connectivity index (χ1v) is 5.40. The number of carbonyl (C=O) groups excluding carboxylic acids is 1. The average Bonchev–Trinajstić information content (AvgIpc) is 2.71. The number of aromatic nitrogens is 3. The summed E-state index contributed by atoms with van der Waals surface area (Å²) in [6, 6.07) is 0. The van der Waals surface area contributed by atoms with Crippen molar-refractivity contribution in [2.24, 2.45) is 7.05 Å². The summed E-state index contributed by atoms with van der Waals surface area (Å²) in [5.41, 5.74) is 0. The Morgan fingerprint density at radius 1 is 1.53 bits per heavy atom. The molecule has 0 aromatic carbocycles. The quantitative estimate of drug-likeness (QED) is 0.600. The number of nitrogens with zero attached hydrogens (tertiary/aromatic N) is 3. The molecule has 1 heterocycles. The molecule has 0 aliphatic rings. The Morgan fingerprint density at radius 3 is 3.00 bits per heavy atom. The molecule has 0 saturated carbocycles. The van der Waals surface area contributed by atoms with E-state index in [0.29, 0.717) is 32.0 Å². The number of aryl methyl sites for hydroxylation is 1. The Kier molecular flexibility index (Phi) is 6.19. The van der Waals surface area contributed by atoms with E-state index in [1.165, 1.54) is 0 Å². The third-order valence-electron chi connectivity index (χ3n) is 1.98. The van der Waals surface area contributed by atoms with Crippen LogP contribution in [0, 0.1) is 0 Å². The third-order valence-corrected chi connectivity index (χ3v) is 1.98. The van der Waals surface area contributed by atoms with E-state index >= 15 is 0 Å². The lowest BCUT2D eigenvalue weighted by Gasteiger charge is -2.04. The van der Waals surface area contributed by atoms with Gasteiger partial charge in [-0.05, 0) is 0 Å². The van der Waals surface area contributed by atoms with Gasteiger partial charge in [-0.1, -0.05) is 0 Å². The fourth-order valence-corrected chi connectivity index (χ4v) is 1.17. The van der Waals surface area contributed by atoms with E-state index < -0.39 is 0 Å². The Morgan fingerprint density at radius 2 is 2.35 bits per heavy atom. The summed E-state index contributed by atoms with van der Waals surface area (Å²) in [5.74, 6) is 0.574. The molecule has 0 unspecified atom stereocenters. The molecule has 96 valence electrons. The minimum Gasteiger partial charge on any atom is -0.382 e. The van der Waals surface area contributed by atoms with Gasteiger partial charge in [-0.2, -0.15) is 5.10 Å². The van der Waals surface area contributed by atoms with Gasteiger partial charge < -0.3 is 14.8 Å². The van der Waals surface area contributed by atoms with E-state index in [9.17, 15) is 4.79 Å². The monoisotopic (exact) mass is 242 g/mol. The minimum absolute atomic E-state index is 0.0546. The number of rotatable bonds is 8. The molecule has 0 spiro atoms. The molecule has 0 aliphatic heterocycles. The lowest BCUT2D eigenvalue weighted by molar-refractivity contribution is -0.126. The van der Waals surface area contributed by atoms with E-state index in [0.717, 1.165) is 0 Å². The molecule has 1 rings (SSSR count). The summed E-state index contributed by atoms with van der Waals surface area (Å²) in [5, 5.41) is 6.82. The second kappa shape index (κ2) is 7.75. The second-order valence-electron chi connectivity index (χ2n) is 3.48. The van der Waals surface area contributed by atoms with Gasteiger partial charge in [-0.3, -0.25) is 9.48 Å². The van der Waals surface area contributed by atoms with Gasteiger partial charge in [0.25, 0.3) is 0 Å². The predicted octanol–water partition coefficient (Wildman–Crippen LogP) is -0.863. The fraction of sp³-hybridized carbons (Fsp3) is 0.700. The van der Waals surface area contributed by atoms with Crippen LogP contribution in [0.1, 0.15) is 5.82 Å². The molecule has 0 atom stereocenters. The number of ether oxygens (including phenoxy) is 2. The van der Waals surface area contributed by atoms with Crippen LogP contribution in [0.5, 0.6) is 0 Å². The van der Waals surface area contributed by atoms with Crippen LogP contribution in [0.2, 0.25) is 0 Å². The Bertz CT molecular complexity index is 340. The molecule has 17 heavy (non-hydrogen) atoms. The summed E-state index contributed by atoms with van der Waals surface area (Å²) in [6.07, 6.45) is 2.25. The first-order chi connectivity index (χ1) is 8.22. The van der Waals surface area contributed by atoms with Crippen molar-refractivity contribution in [2.45, 2.75) is 6.42 Å². The van der Waals surface area contributed by atoms with Crippen LogP contribution < -0.4 is 5.32 Å². The average molecular weight is 242 g/mol. The van der Waals surface area contributed by atoms with Crippen LogP contribution in [0.4, 0.5) is 0 Å². The zero-order chi connectivity index (χ0) is 12.5. The molecular weight excluding hydrogens is 224 g/mol. The lowest BCUT2D eigenvalue weighted by Crippen LogP contribution is -2.30. The summed E-state index contributed by atoms with van der Waals surface area (Å²) >= 11 is 0. The Balaban J connectivity index is 2.04. The molecule has 7 nitrogen and oxygen atoms in total. The topological polar surface area (TPSA) is 78.3 Å². The van der Waals surface area contributed by atoms with E-state index in [4.69, 9.17) is 9.47 Å². The van der Waals surface area contributed by atoms with Gasteiger partial charge in [0, 0.05) is 27.1 Å². The molecule has 0 radical (unpaired) electrons. The molecule has 0 aliphatic carbocycles. The van der Waals surface area contributed by atoms with Crippen molar-refractivity contribution in [2.75, 3.05) is 33.5 Å². The normalized spacial score (nSPS) is 10.5. The zero-order valence-corrected chi connectivity index (χ0v) is 10.2. The van der Waals surface area contributed by atoms with Crippen molar-refractivity contribution >= 4 is 5.91 Å². The van der Waals surface area contributed by atoms with Crippen molar-refractivity contribution in [1.29, 1.82) is 0 Å². The number of hydrogen-bond donors (Lipinski definition) is 1. The number of carbonyl (C=O) groups is 1. The maximum atomic E-state index is 11.3. The van der Waals surface area contributed by atoms with Crippen molar-refractivity contribution in [3.63, 3.8) is 0 Å². The van der Waals surface area contributed by atoms with Gasteiger partial charge in [0.05, 0.1) is 13.2 Å². The second-order valence-corrected chi connectivity index (χ2v) is 3.48. The van der Waals surface area contributed by atoms with Gasteiger partial charge in [0.15, 0.2) is 5.82 Å². The number of amides is 1. The highest BCUT2D eigenvalue weighted by Crippen LogP contribution is 1.88. The number of methoxy groups -OCH3 is 1. The van der Waals surface area contributed by atoms with Gasteiger partial charge in [-0.15, -0.1) is 0 Å². The highest BCUT2D eigenvalue weighted by atomic mass is 16.5. The molecule has 7 heteroatoms. The Hall–Kier alpha value is -1.47. The van der Waals surface area contributed by atoms with Crippen LogP contribution >= 0.6 is 0 Å². The molecule has 1 aromatic rings. The van der Waals surface area contributed by atoms with E-state index in [1.54, 1.807) is 25.2 Å². The van der Waals surface area contributed by atoms with Crippen LogP contribution in [-0.2, 0) is 27.7 Å². The SMILES string of the molecule is COCCOCC(=O)NCCc1ncn(C)n1. The largest absolute Gasteiger partial charge is 0.382 e. The highest BCUT2D eigenvalue weighted by molar-refractivity contribution is 5.77. The van der Waals surface area contributed by atoms with Crippen LogP contribution in [-0.4, -0.2) is 54.1 Å². The number of nitrogens with one attached hydrogen (secondary N) is 1. The summed E-state index contributed by atoms with van der Waals surface area (Å²) in [6.45, 7) is 1.48. The minimum atomic E-state index is -0.142. The first kappa shape index (κ1) is 13.6. The first-order valence-electron chi connectivity index (χ1n) is 5.40. The zero-order valence-electron chi connectivity index (χ0n) is 10.2. The summed E-state index contributed by atoms with van der Waals surface area (Å²) < 4.78 is 11.5. The predicted molar refractivity (Wildman–Crippen MR) is 60.4 cm³/mol. The van der Waals surface area contributed by atoms with Crippen molar-refractivity contribution < 1.29 is 14.3 Å². The fourth-order valence-electron chi connectivity index (χ4n) is 1.17. The smallest absolute Gasteiger partial charge is 0.246 e. The molecule has 0 bridgehead atoms. The molecular formula is C10H18N4O3. The summed E-state index contributed by atoms with van der Waals surface area (Å²) in [7, 11) is 3.39. The maximum Gasteiger partial charge on any atom is 0.246 e. The van der Waals surface area contributed by atoms with Crippen LogP contribution in [0.15, 0.2) is 6.33 Å². The van der Waals surface area contributed by atoms with Gasteiger partial charge in [0.2, 0.25) is 5.91 Å². The standard InChI is InChI=1S/C10H18N4O3/c1-14-8-12-9(13-14)3-4-11-10(15)7-17-6-5-16-2/h8H,3-7H2,1-2H3,(H,11,15). The van der Waals surface area contributed by atoms with Gasteiger partial charge in [0.1, 0.15) is 12.9 Å². The molecule has 1 amide bonds. The van der Waals surface area contributed by atoms with Crippen molar-refractivity contribution in [1.82, 2.24) is 20.1 Å². The van der Waals surface area contributed by atoms with E-state index in [-0.39, 0.29) is 12.5 Å². The van der Waals surface area contributed by atoms with E-state index in [2.05, 4.69) is 15.4 Å². The third kappa shape index (κ3) is 5.98. The van der Waals surface area contributed by atoms with E-state index in [1.807, 2.05) is 0 Å². The van der Waals surface area contributed by atoms with Gasteiger partial charge >= 0.3 is 0 Å². The highest BCUT2D eigenvalue weighted by Gasteiger charge is 2.02. The van der Waals surface area contributed by atoms with Crippen LogP contribution in [0.25, 0.3) is 0 Å². The molecule has 0 fully saturated rings. The number of hydrogen-bond acceptors (Lipinski definition) is 5. The molecule has 1 N–H and O–H groups in total. The van der Waals surface area contributed by atoms with Crippen molar-refractivity contribution in [3.8, 4) is 0 Å². The maximum absolute atomic E-state index is 11.3. The van der Waals surface area contributed by atoms with Crippen molar-refractivity contribution in [3.05, 3.63) is 12.2 Å². The van der Waals surface area contributed by atoms with Gasteiger partial charge in [-0.25, -0.2) is 4.98 Å². The lowest BCUT2D eigenvalue weighted by atomic mass is 10.4. The van der Waals surface area contributed by atoms with Crippen LogP contribution in [0.3, 0.4) is 0 Å². The molecule has 1 aromatic heterocycles. The Labute approximate surface area is 100 Å². The molecule has 0 saturated heterocycles.